The Labute approximate surface area is 171 Å². The molecule has 4 rings (SSSR count). The first-order valence-electron chi connectivity index (χ1n) is 10.6. The van der Waals surface area contributed by atoms with Crippen molar-refractivity contribution in [3.63, 3.8) is 0 Å². The maximum absolute atomic E-state index is 6.37. The molecule has 2 heteroatoms. The Bertz CT molecular complexity index is 893. The van der Waals surface area contributed by atoms with Crippen LogP contribution in [0.4, 0.5) is 0 Å². The van der Waals surface area contributed by atoms with Gasteiger partial charge in [0.25, 0.3) is 0 Å². The summed E-state index contributed by atoms with van der Waals surface area (Å²) in [7, 11) is -1.53. The molecule has 3 aliphatic carbocycles. The van der Waals surface area contributed by atoms with Crippen LogP contribution < -0.4 is 0 Å². The molecule has 3 aliphatic rings. The van der Waals surface area contributed by atoms with Gasteiger partial charge in [0.15, 0.2) is 8.32 Å². The summed E-state index contributed by atoms with van der Waals surface area (Å²) in [6, 6.07) is 8.91. The van der Waals surface area contributed by atoms with Crippen LogP contribution in [0.2, 0.25) is 19.6 Å². The van der Waals surface area contributed by atoms with Gasteiger partial charge >= 0.3 is 0 Å². The van der Waals surface area contributed by atoms with Crippen LogP contribution >= 0.6 is 0 Å². The highest BCUT2D eigenvalue weighted by Gasteiger charge is 2.45. The minimum atomic E-state index is -1.53. The van der Waals surface area contributed by atoms with Crippen LogP contribution in [0.1, 0.15) is 36.8 Å². The van der Waals surface area contributed by atoms with Crippen LogP contribution in [0.5, 0.6) is 0 Å². The van der Waals surface area contributed by atoms with E-state index in [9.17, 15) is 0 Å². The predicted octanol–water partition coefficient (Wildman–Crippen LogP) is 7.04. The predicted molar refractivity (Wildman–Crippen MR) is 123 cm³/mol. The van der Waals surface area contributed by atoms with E-state index >= 15 is 0 Å². The second kappa shape index (κ2) is 7.49. The number of hydrogen-bond donors (Lipinski definition) is 0. The summed E-state index contributed by atoms with van der Waals surface area (Å²) in [5.41, 5.74) is 5.93. The Kier molecular flexibility index (Phi) is 5.20. The molecule has 1 aromatic carbocycles. The van der Waals surface area contributed by atoms with Crippen LogP contribution in [0.25, 0.3) is 6.08 Å². The van der Waals surface area contributed by atoms with Crippen LogP contribution in [0.15, 0.2) is 77.9 Å². The van der Waals surface area contributed by atoms with Gasteiger partial charge in [-0.3, -0.25) is 0 Å². The van der Waals surface area contributed by atoms with Gasteiger partial charge in [0, 0.05) is 23.9 Å². The standard InChI is InChI=1S/C26H32OSi/c1-5-26(18-19-27-28(2,3)4,24-16-14-20-10-6-8-12-22(20)24)25-17-15-21-11-7-9-13-23(21)25/h6-17,22,25H,5,18-19H2,1-4H3. The van der Waals surface area contributed by atoms with Gasteiger partial charge in [-0.15, -0.1) is 0 Å². The van der Waals surface area contributed by atoms with Crippen molar-refractivity contribution >= 4 is 14.4 Å². The van der Waals surface area contributed by atoms with E-state index in [0.717, 1.165) is 19.4 Å². The summed E-state index contributed by atoms with van der Waals surface area (Å²) >= 11 is 0. The zero-order chi connectivity index (χ0) is 19.8. The van der Waals surface area contributed by atoms with E-state index in [2.05, 4.69) is 99.4 Å². The first-order chi connectivity index (χ1) is 13.4. The van der Waals surface area contributed by atoms with Crippen molar-refractivity contribution < 1.29 is 4.43 Å². The minimum absolute atomic E-state index is 0.0845. The molecule has 3 atom stereocenters. The van der Waals surface area contributed by atoms with Crippen molar-refractivity contribution in [3.8, 4) is 0 Å². The zero-order valence-electron chi connectivity index (χ0n) is 17.6. The summed E-state index contributed by atoms with van der Waals surface area (Å²) in [6.45, 7) is 10.1. The summed E-state index contributed by atoms with van der Waals surface area (Å²) in [5, 5.41) is 0. The zero-order valence-corrected chi connectivity index (χ0v) is 18.6. The Hall–Kier alpha value is -1.90. The second-order valence-electron chi connectivity index (χ2n) is 9.20. The third kappa shape index (κ3) is 3.44. The van der Waals surface area contributed by atoms with Crippen LogP contribution in [-0.4, -0.2) is 14.9 Å². The Balaban J connectivity index is 1.72. The third-order valence-electron chi connectivity index (χ3n) is 6.54. The first-order valence-corrected chi connectivity index (χ1v) is 14.0. The normalized spacial score (nSPS) is 24.6. The highest BCUT2D eigenvalue weighted by molar-refractivity contribution is 6.69. The monoisotopic (exact) mass is 388 g/mol. The number of benzene rings is 1. The van der Waals surface area contributed by atoms with E-state index < -0.39 is 8.32 Å². The van der Waals surface area contributed by atoms with Gasteiger partial charge in [0.05, 0.1) is 0 Å². The van der Waals surface area contributed by atoms with E-state index in [-0.39, 0.29) is 5.41 Å². The van der Waals surface area contributed by atoms with Gasteiger partial charge in [-0.2, -0.15) is 0 Å². The van der Waals surface area contributed by atoms with Gasteiger partial charge < -0.3 is 4.43 Å². The average molecular weight is 389 g/mol. The number of allylic oxidation sites excluding steroid dienone is 9. The molecule has 0 amide bonds. The third-order valence-corrected chi connectivity index (χ3v) is 7.61. The number of hydrogen-bond acceptors (Lipinski definition) is 1. The molecule has 0 heterocycles. The molecule has 0 radical (unpaired) electrons. The van der Waals surface area contributed by atoms with Crippen molar-refractivity contribution in [1.82, 2.24) is 0 Å². The van der Waals surface area contributed by atoms with E-state index in [0.29, 0.717) is 11.8 Å². The van der Waals surface area contributed by atoms with E-state index in [4.69, 9.17) is 4.43 Å². The fourth-order valence-electron chi connectivity index (χ4n) is 5.12. The molecule has 0 fully saturated rings. The van der Waals surface area contributed by atoms with E-state index in [1.165, 1.54) is 16.7 Å². The molecule has 1 aromatic rings. The Morgan fingerprint density at radius 2 is 1.82 bits per heavy atom. The molecule has 0 saturated carbocycles. The van der Waals surface area contributed by atoms with Gasteiger partial charge in [-0.05, 0) is 49.2 Å². The average Bonchev–Trinajstić information content (AvgIpc) is 3.30. The number of fused-ring (bicyclic) bond motifs is 2. The van der Waals surface area contributed by atoms with Crippen molar-refractivity contribution in [2.45, 2.75) is 45.3 Å². The van der Waals surface area contributed by atoms with Crippen LogP contribution in [0, 0.1) is 11.3 Å². The van der Waals surface area contributed by atoms with E-state index in [1.54, 1.807) is 5.57 Å². The molecule has 28 heavy (non-hydrogen) atoms. The maximum Gasteiger partial charge on any atom is 0.183 e. The lowest BCUT2D eigenvalue weighted by molar-refractivity contribution is 0.194. The molecule has 0 N–H and O–H groups in total. The summed E-state index contributed by atoms with van der Waals surface area (Å²) in [5.74, 6) is 0.829. The van der Waals surface area contributed by atoms with Gasteiger partial charge in [-0.1, -0.05) is 85.4 Å². The minimum Gasteiger partial charge on any atom is -0.418 e. The second-order valence-corrected chi connectivity index (χ2v) is 13.7. The molecule has 0 aromatic heterocycles. The lowest BCUT2D eigenvalue weighted by atomic mass is 9.61. The Morgan fingerprint density at radius 3 is 2.61 bits per heavy atom. The molecule has 0 saturated heterocycles. The van der Waals surface area contributed by atoms with Crippen molar-refractivity contribution in [2.75, 3.05) is 6.61 Å². The van der Waals surface area contributed by atoms with Crippen LogP contribution in [-0.2, 0) is 4.43 Å². The van der Waals surface area contributed by atoms with Gasteiger partial charge in [0.1, 0.15) is 0 Å². The van der Waals surface area contributed by atoms with E-state index in [1.807, 2.05) is 0 Å². The largest absolute Gasteiger partial charge is 0.418 e. The van der Waals surface area contributed by atoms with Gasteiger partial charge in [0.2, 0.25) is 0 Å². The van der Waals surface area contributed by atoms with Crippen molar-refractivity contribution in [1.29, 1.82) is 0 Å². The van der Waals surface area contributed by atoms with Gasteiger partial charge in [-0.25, -0.2) is 0 Å². The summed E-state index contributed by atoms with van der Waals surface area (Å²) in [6.07, 6.45) is 20.7. The summed E-state index contributed by atoms with van der Waals surface area (Å²) in [4.78, 5) is 0. The topological polar surface area (TPSA) is 9.23 Å². The lowest BCUT2D eigenvalue weighted by Crippen LogP contribution is -2.35. The maximum atomic E-state index is 6.37. The quantitative estimate of drug-likeness (QED) is 0.455. The SMILES string of the molecule is CCC(CCO[Si](C)(C)C)(C1=CC=C2C=CC=CC21)C1C=Cc2ccccc21. The Morgan fingerprint density at radius 1 is 1.00 bits per heavy atom. The smallest absolute Gasteiger partial charge is 0.183 e. The first kappa shape index (κ1) is 19.4. The fraction of sp³-hybridized carbons (Fsp3) is 0.385. The van der Waals surface area contributed by atoms with Crippen molar-refractivity contribution in [3.05, 3.63) is 89.1 Å². The van der Waals surface area contributed by atoms with Crippen molar-refractivity contribution in [2.24, 2.45) is 11.3 Å². The van der Waals surface area contributed by atoms with Crippen LogP contribution in [0.3, 0.4) is 0 Å². The fourth-order valence-corrected chi connectivity index (χ4v) is 5.83. The summed E-state index contributed by atoms with van der Waals surface area (Å²) < 4.78 is 6.37. The highest BCUT2D eigenvalue weighted by Crippen LogP contribution is 2.56. The molecule has 0 spiro atoms. The lowest BCUT2D eigenvalue weighted by Gasteiger charge is -2.43. The highest BCUT2D eigenvalue weighted by atomic mass is 28.4. The molecule has 0 bridgehead atoms. The number of rotatable bonds is 7. The molecule has 1 nitrogen and oxygen atoms in total. The molecule has 3 unspecified atom stereocenters. The molecule has 0 aliphatic heterocycles. The molecular formula is C26H32OSi. The molecular weight excluding hydrogens is 356 g/mol. The molecule has 146 valence electrons.